The van der Waals surface area contributed by atoms with Crippen molar-refractivity contribution in [3.63, 3.8) is 0 Å². The van der Waals surface area contributed by atoms with Crippen molar-refractivity contribution in [1.29, 1.82) is 0 Å². The zero-order chi connectivity index (χ0) is 14.9. The fourth-order valence-electron chi connectivity index (χ4n) is 2.42. The van der Waals surface area contributed by atoms with Gasteiger partial charge in [-0.25, -0.2) is 4.98 Å². The molecule has 0 N–H and O–H groups in total. The first-order valence-electron chi connectivity index (χ1n) is 6.74. The lowest BCUT2D eigenvalue weighted by atomic mass is 10.1. The molecule has 0 radical (unpaired) electrons. The molecule has 22 heavy (non-hydrogen) atoms. The molecule has 0 saturated heterocycles. The Hall–Kier alpha value is -2.73. The second-order valence-corrected chi connectivity index (χ2v) is 5.13. The Labute approximate surface area is 131 Å². The Morgan fingerprint density at radius 2 is 1.86 bits per heavy atom. The number of rotatable bonds is 2. The maximum Gasteiger partial charge on any atom is 0.304 e. The van der Waals surface area contributed by atoms with Crippen LogP contribution in [-0.2, 0) is 4.74 Å². The summed E-state index contributed by atoms with van der Waals surface area (Å²) >= 11 is 4.93. The third kappa shape index (κ3) is 2.23. The first-order chi connectivity index (χ1) is 10.8. The number of fused-ring (bicyclic) bond motifs is 1. The van der Waals surface area contributed by atoms with Crippen LogP contribution in [0.15, 0.2) is 65.0 Å². The lowest BCUT2D eigenvalue weighted by Gasteiger charge is -2.12. The standard InChI is InChI=1S/C16H10N4OS/c22-16-20-19-15(21-16)11-9-14(13-7-3-4-8-17-13)18-12-6-2-1-5-10(11)12/h1-9,15H. The Balaban J connectivity index is 1.94. The van der Waals surface area contributed by atoms with E-state index in [2.05, 4.69) is 20.2 Å². The molecule has 1 aliphatic rings. The Bertz CT molecular complexity index is 895. The van der Waals surface area contributed by atoms with Crippen molar-refractivity contribution >= 4 is 28.3 Å². The second-order valence-electron chi connectivity index (χ2n) is 4.78. The average Bonchev–Trinajstić information content (AvgIpc) is 3.01. The highest BCUT2D eigenvalue weighted by Crippen LogP contribution is 2.33. The lowest BCUT2D eigenvalue weighted by molar-refractivity contribution is 0.229. The quantitative estimate of drug-likeness (QED) is 0.670. The monoisotopic (exact) mass is 306 g/mol. The van der Waals surface area contributed by atoms with E-state index in [-0.39, 0.29) is 5.17 Å². The predicted molar refractivity (Wildman–Crippen MR) is 86.3 cm³/mol. The van der Waals surface area contributed by atoms with Crippen LogP contribution in [0, 0.1) is 0 Å². The summed E-state index contributed by atoms with van der Waals surface area (Å²) < 4.78 is 5.50. The van der Waals surface area contributed by atoms with Crippen molar-refractivity contribution in [2.75, 3.05) is 0 Å². The van der Waals surface area contributed by atoms with E-state index in [1.54, 1.807) is 6.20 Å². The molecule has 0 spiro atoms. The van der Waals surface area contributed by atoms with E-state index >= 15 is 0 Å². The molecule has 6 heteroatoms. The summed E-state index contributed by atoms with van der Waals surface area (Å²) in [5.41, 5.74) is 3.31. The van der Waals surface area contributed by atoms with Crippen LogP contribution in [-0.4, -0.2) is 15.1 Å². The lowest BCUT2D eigenvalue weighted by Crippen LogP contribution is -2.01. The van der Waals surface area contributed by atoms with Crippen LogP contribution in [0.25, 0.3) is 22.3 Å². The van der Waals surface area contributed by atoms with E-state index < -0.39 is 6.23 Å². The number of hydrogen-bond acceptors (Lipinski definition) is 5. The molecule has 3 aromatic rings. The van der Waals surface area contributed by atoms with Gasteiger partial charge in [0.05, 0.1) is 16.9 Å². The normalized spacial score (nSPS) is 16.9. The minimum absolute atomic E-state index is 0.158. The smallest absolute Gasteiger partial charge is 0.304 e. The summed E-state index contributed by atoms with van der Waals surface area (Å²) in [6.45, 7) is 0. The molecule has 106 valence electrons. The fraction of sp³-hybridized carbons (Fsp3) is 0.0625. The molecule has 0 amide bonds. The summed E-state index contributed by atoms with van der Waals surface area (Å²) in [6.07, 6.45) is 1.22. The molecule has 1 unspecified atom stereocenters. The van der Waals surface area contributed by atoms with E-state index in [0.29, 0.717) is 0 Å². The first-order valence-corrected chi connectivity index (χ1v) is 7.15. The van der Waals surface area contributed by atoms with Crippen molar-refractivity contribution in [3.8, 4) is 11.4 Å². The molecule has 0 aliphatic carbocycles. The van der Waals surface area contributed by atoms with Gasteiger partial charge in [-0.1, -0.05) is 24.3 Å². The zero-order valence-electron chi connectivity index (χ0n) is 11.4. The van der Waals surface area contributed by atoms with E-state index in [1.807, 2.05) is 48.5 Å². The SMILES string of the molecule is S=C1N=NC(c2cc(-c3ccccn3)nc3ccccc23)O1. The summed E-state index contributed by atoms with van der Waals surface area (Å²) in [5, 5.41) is 9.01. The molecular formula is C16H10N4OS. The van der Waals surface area contributed by atoms with Crippen LogP contribution in [0.4, 0.5) is 0 Å². The van der Waals surface area contributed by atoms with Crippen LogP contribution in [0.1, 0.15) is 11.8 Å². The van der Waals surface area contributed by atoms with E-state index in [4.69, 9.17) is 17.0 Å². The van der Waals surface area contributed by atoms with Crippen LogP contribution in [0.2, 0.25) is 0 Å². The van der Waals surface area contributed by atoms with Gasteiger partial charge >= 0.3 is 5.17 Å². The minimum atomic E-state index is -0.525. The molecule has 4 rings (SSSR count). The highest BCUT2D eigenvalue weighted by Gasteiger charge is 2.23. The van der Waals surface area contributed by atoms with Gasteiger partial charge in [0.25, 0.3) is 0 Å². The number of benzene rings is 1. The zero-order valence-corrected chi connectivity index (χ0v) is 12.2. The van der Waals surface area contributed by atoms with Crippen LogP contribution in [0.3, 0.4) is 0 Å². The number of para-hydroxylation sites is 1. The van der Waals surface area contributed by atoms with Gasteiger partial charge in [-0.2, -0.15) is 0 Å². The van der Waals surface area contributed by atoms with Crippen molar-refractivity contribution in [3.05, 3.63) is 60.3 Å². The Morgan fingerprint density at radius 3 is 2.64 bits per heavy atom. The molecule has 0 saturated carbocycles. The number of thiocarbonyl (C=S) groups is 1. The number of pyridine rings is 2. The number of azo groups is 1. The summed E-state index contributed by atoms with van der Waals surface area (Å²) in [6, 6.07) is 15.5. The maximum atomic E-state index is 5.50. The second kappa shape index (κ2) is 5.23. The Morgan fingerprint density at radius 1 is 1.00 bits per heavy atom. The number of nitrogens with zero attached hydrogens (tertiary/aromatic N) is 4. The highest BCUT2D eigenvalue weighted by molar-refractivity contribution is 7.80. The topological polar surface area (TPSA) is 59.7 Å². The molecule has 1 aliphatic heterocycles. The van der Waals surface area contributed by atoms with Gasteiger partial charge in [-0.15, -0.1) is 10.2 Å². The van der Waals surface area contributed by atoms with Crippen molar-refractivity contribution < 1.29 is 4.74 Å². The molecule has 0 bridgehead atoms. The van der Waals surface area contributed by atoms with Gasteiger partial charge in [-0.05, 0) is 36.5 Å². The summed E-state index contributed by atoms with van der Waals surface area (Å²) in [4.78, 5) is 9.03. The number of aromatic nitrogens is 2. The molecule has 1 aromatic carbocycles. The number of ether oxygens (including phenoxy) is 1. The van der Waals surface area contributed by atoms with Gasteiger partial charge in [0, 0.05) is 17.1 Å². The molecule has 3 heterocycles. The van der Waals surface area contributed by atoms with Gasteiger partial charge < -0.3 is 4.74 Å². The summed E-state index contributed by atoms with van der Waals surface area (Å²) in [7, 11) is 0. The first kappa shape index (κ1) is 13.0. The van der Waals surface area contributed by atoms with E-state index in [0.717, 1.165) is 27.9 Å². The largest absolute Gasteiger partial charge is 0.436 e. The Kier molecular flexibility index (Phi) is 3.08. The van der Waals surface area contributed by atoms with Gasteiger partial charge in [-0.3, -0.25) is 4.98 Å². The molecular weight excluding hydrogens is 296 g/mol. The molecule has 5 nitrogen and oxygen atoms in total. The number of hydrogen-bond donors (Lipinski definition) is 0. The minimum Gasteiger partial charge on any atom is -0.436 e. The third-order valence-corrected chi connectivity index (χ3v) is 3.58. The van der Waals surface area contributed by atoms with Crippen molar-refractivity contribution in [1.82, 2.24) is 9.97 Å². The maximum absolute atomic E-state index is 5.50. The summed E-state index contributed by atoms with van der Waals surface area (Å²) in [5.74, 6) is 0. The van der Waals surface area contributed by atoms with E-state index in [9.17, 15) is 0 Å². The van der Waals surface area contributed by atoms with Gasteiger partial charge in [0.2, 0.25) is 6.23 Å². The third-order valence-electron chi connectivity index (χ3n) is 3.40. The molecule has 0 fully saturated rings. The van der Waals surface area contributed by atoms with Gasteiger partial charge in [0.1, 0.15) is 0 Å². The van der Waals surface area contributed by atoms with Crippen LogP contribution >= 0.6 is 12.2 Å². The molecule has 2 aromatic heterocycles. The van der Waals surface area contributed by atoms with Crippen molar-refractivity contribution in [2.24, 2.45) is 10.2 Å². The van der Waals surface area contributed by atoms with Crippen LogP contribution in [0.5, 0.6) is 0 Å². The predicted octanol–water partition coefficient (Wildman–Crippen LogP) is 4.06. The van der Waals surface area contributed by atoms with Crippen LogP contribution < -0.4 is 0 Å². The van der Waals surface area contributed by atoms with Crippen molar-refractivity contribution in [2.45, 2.75) is 6.23 Å². The van der Waals surface area contributed by atoms with Gasteiger partial charge in [0.15, 0.2) is 0 Å². The molecule has 1 atom stereocenters. The van der Waals surface area contributed by atoms with E-state index in [1.165, 1.54) is 0 Å². The average molecular weight is 306 g/mol. The highest BCUT2D eigenvalue weighted by atomic mass is 32.1. The fourth-order valence-corrected chi connectivity index (χ4v) is 2.56.